The van der Waals surface area contributed by atoms with Gasteiger partial charge in [-0.05, 0) is 61.9 Å². The minimum Gasteiger partial charge on any atom is -0.332 e. The molecule has 1 aliphatic heterocycles. The molecule has 1 aliphatic rings. The first-order chi connectivity index (χ1) is 13.6. The van der Waals surface area contributed by atoms with Gasteiger partial charge < -0.3 is 5.32 Å². The van der Waals surface area contributed by atoms with E-state index in [1.165, 1.54) is 42.8 Å². The van der Waals surface area contributed by atoms with Crippen LogP contribution in [0.15, 0.2) is 48.5 Å². The second-order valence-electron chi connectivity index (χ2n) is 6.83. The van der Waals surface area contributed by atoms with Gasteiger partial charge in [-0.25, -0.2) is 0 Å². The molecule has 4 rings (SSSR count). The number of nitrogens with one attached hydrogen (secondary N) is 2. The predicted molar refractivity (Wildman–Crippen MR) is 121 cm³/mol. The fourth-order valence-electron chi connectivity index (χ4n) is 3.37. The molecule has 0 spiro atoms. The number of nitrogens with zero attached hydrogens (tertiary/aromatic N) is 1. The molecule has 1 aromatic heterocycles. The van der Waals surface area contributed by atoms with Crippen LogP contribution in [0.1, 0.15) is 28.1 Å². The van der Waals surface area contributed by atoms with E-state index in [2.05, 4.69) is 27.7 Å². The number of hydrogen-bond donors (Lipinski definition) is 2. The van der Waals surface area contributed by atoms with Crippen LogP contribution in [0, 0.1) is 0 Å². The van der Waals surface area contributed by atoms with E-state index < -0.39 is 0 Å². The summed E-state index contributed by atoms with van der Waals surface area (Å²) in [7, 11) is 0. The highest BCUT2D eigenvalue weighted by Crippen LogP contribution is 2.34. The van der Waals surface area contributed by atoms with Gasteiger partial charge in [-0.15, -0.1) is 11.3 Å². The molecule has 0 bridgehead atoms. The Hall–Kier alpha value is -1.99. The van der Waals surface area contributed by atoms with Crippen LogP contribution in [-0.2, 0) is 6.54 Å². The van der Waals surface area contributed by atoms with Crippen LogP contribution in [-0.4, -0.2) is 29.0 Å². The molecule has 2 N–H and O–H groups in total. The average molecular weight is 430 g/mol. The number of anilines is 1. The van der Waals surface area contributed by atoms with E-state index in [0.717, 1.165) is 22.3 Å². The number of fused-ring (bicyclic) bond motifs is 1. The Morgan fingerprint density at radius 3 is 2.54 bits per heavy atom. The Morgan fingerprint density at radius 1 is 1.11 bits per heavy atom. The molecule has 7 heteroatoms. The Bertz CT molecular complexity index is 1010. The Balaban J connectivity index is 1.36. The molecule has 0 aliphatic carbocycles. The van der Waals surface area contributed by atoms with Crippen LogP contribution >= 0.6 is 35.2 Å². The van der Waals surface area contributed by atoms with Crippen LogP contribution < -0.4 is 10.6 Å². The largest absolute Gasteiger partial charge is 0.332 e. The van der Waals surface area contributed by atoms with Gasteiger partial charge in [0.15, 0.2) is 5.11 Å². The molecule has 1 saturated heterocycles. The molecule has 1 fully saturated rings. The van der Waals surface area contributed by atoms with Gasteiger partial charge >= 0.3 is 0 Å². The number of likely N-dealkylation sites (tertiary alicyclic amines) is 1. The van der Waals surface area contributed by atoms with E-state index in [0.29, 0.717) is 9.90 Å². The van der Waals surface area contributed by atoms with E-state index in [1.54, 1.807) is 0 Å². The Morgan fingerprint density at radius 2 is 1.82 bits per heavy atom. The first-order valence-corrected chi connectivity index (χ1v) is 10.8. The summed E-state index contributed by atoms with van der Waals surface area (Å²) in [6.45, 7) is 3.33. The predicted octanol–water partition coefficient (Wildman–Crippen LogP) is 5.28. The Labute approximate surface area is 178 Å². The van der Waals surface area contributed by atoms with Gasteiger partial charge in [0, 0.05) is 22.3 Å². The van der Waals surface area contributed by atoms with Crippen LogP contribution in [0.5, 0.6) is 0 Å². The molecular formula is C21H20ClN3OS2. The number of carbonyl (C=O) groups excluding carboxylic acids is 1. The summed E-state index contributed by atoms with van der Waals surface area (Å²) in [4.78, 5) is 15.5. The average Bonchev–Trinajstić information content (AvgIpc) is 3.31. The zero-order valence-electron chi connectivity index (χ0n) is 15.2. The maximum atomic E-state index is 12.6. The third kappa shape index (κ3) is 4.36. The topological polar surface area (TPSA) is 44.4 Å². The number of amides is 1. The van der Waals surface area contributed by atoms with Crippen molar-refractivity contribution in [1.82, 2.24) is 10.2 Å². The number of carbonyl (C=O) groups is 1. The molecular weight excluding hydrogens is 410 g/mol. The van der Waals surface area contributed by atoms with Crippen LogP contribution in [0.2, 0.25) is 5.02 Å². The summed E-state index contributed by atoms with van der Waals surface area (Å²) in [5, 5.41) is 7.38. The molecule has 2 heterocycles. The quantitative estimate of drug-likeness (QED) is 0.554. The van der Waals surface area contributed by atoms with E-state index in [1.807, 2.05) is 36.4 Å². The number of thiophene rings is 1. The fourth-order valence-corrected chi connectivity index (χ4v) is 5.00. The van der Waals surface area contributed by atoms with Gasteiger partial charge in [0.25, 0.3) is 5.91 Å². The monoisotopic (exact) mass is 429 g/mol. The third-order valence-electron chi connectivity index (χ3n) is 4.78. The SMILES string of the molecule is O=C(NC(=S)Nc1ccc(CN2CCCC2)cc1)c1sc2ccccc2c1Cl. The van der Waals surface area contributed by atoms with E-state index >= 15 is 0 Å². The maximum Gasteiger partial charge on any atom is 0.269 e. The van der Waals surface area contributed by atoms with E-state index in [4.69, 9.17) is 23.8 Å². The number of hydrogen-bond acceptors (Lipinski definition) is 4. The van der Waals surface area contributed by atoms with Crippen LogP contribution in [0.4, 0.5) is 5.69 Å². The van der Waals surface area contributed by atoms with E-state index in [9.17, 15) is 4.79 Å². The van der Waals surface area contributed by atoms with Gasteiger partial charge in [0.2, 0.25) is 0 Å². The summed E-state index contributed by atoms with van der Waals surface area (Å²) >= 11 is 13.0. The summed E-state index contributed by atoms with van der Waals surface area (Å²) in [6, 6.07) is 15.8. The van der Waals surface area contributed by atoms with Crippen molar-refractivity contribution in [2.75, 3.05) is 18.4 Å². The molecule has 0 saturated carbocycles. The normalized spacial score (nSPS) is 14.3. The van der Waals surface area contributed by atoms with Crippen molar-refractivity contribution in [2.24, 2.45) is 0 Å². The van der Waals surface area contributed by atoms with Crippen molar-refractivity contribution in [2.45, 2.75) is 19.4 Å². The van der Waals surface area contributed by atoms with Gasteiger partial charge in [-0.3, -0.25) is 15.0 Å². The maximum absolute atomic E-state index is 12.6. The van der Waals surface area contributed by atoms with Gasteiger partial charge in [0.1, 0.15) is 4.88 Å². The lowest BCUT2D eigenvalue weighted by atomic mass is 10.2. The van der Waals surface area contributed by atoms with Gasteiger partial charge in [0.05, 0.1) is 5.02 Å². The number of rotatable bonds is 4. The first kappa shape index (κ1) is 19.3. The highest BCUT2D eigenvalue weighted by molar-refractivity contribution is 7.80. The summed E-state index contributed by atoms with van der Waals surface area (Å²) in [5.74, 6) is -0.297. The van der Waals surface area contributed by atoms with Crippen molar-refractivity contribution in [3.63, 3.8) is 0 Å². The number of benzene rings is 2. The van der Waals surface area contributed by atoms with Crippen molar-refractivity contribution >= 4 is 61.9 Å². The van der Waals surface area contributed by atoms with Crippen molar-refractivity contribution in [3.8, 4) is 0 Å². The molecule has 2 aromatic carbocycles. The molecule has 4 nitrogen and oxygen atoms in total. The standard InChI is InChI=1S/C21H20ClN3OS2/c22-18-16-5-1-2-6-17(16)28-19(18)20(26)24-21(27)23-15-9-7-14(8-10-15)13-25-11-3-4-12-25/h1-2,5-10H,3-4,11-13H2,(H2,23,24,26,27). The Kier molecular flexibility index (Phi) is 5.92. The smallest absolute Gasteiger partial charge is 0.269 e. The van der Waals surface area contributed by atoms with Gasteiger partial charge in [-0.1, -0.05) is 41.9 Å². The lowest BCUT2D eigenvalue weighted by Gasteiger charge is -2.15. The molecule has 0 unspecified atom stereocenters. The number of halogens is 1. The minimum atomic E-state index is -0.297. The van der Waals surface area contributed by atoms with Crippen molar-refractivity contribution in [1.29, 1.82) is 0 Å². The third-order valence-corrected chi connectivity index (χ3v) is 6.66. The molecule has 3 aromatic rings. The second kappa shape index (κ2) is 8.57. The highest BCUT2D eigenvalue weighted by Gasteiger charge is 2.18. The summed E-state index contributed by atoms with van der Waals surface area (Å²) < 4.78 is 0.977. The zero-order valence-corrected chi connectivity index (χ0v) is 17.6. The summed E-state index contributed by atoms with van der Waals surface area (Å²) in [6.07, 6.45) is 2.58. The fraction of sp³-hybridized carbons (Fsp3) is 0.238. The lowest BCUT2D eigenvalue weighted by Crippen LogP contribution is -2.33. The molecule has 1 amide bonds. The van der Waals surface area contributed by atoms with Gasteiger partial charge in [-0.2, -0.15) is 0 Å². The second-order valence-corrected chi connectivity index (χ2v) is 8.67. The lowest BCUT2D eigenvalue weighted by molar-refractivity contribution is 0.0982. The summed E-state index contributed by atoms with van der Waals surface area (Å²) in [5.41, 5.74) is 2.12. The molecule has 144 valence electrons. The minimum absolute atomic E-state index is 0.255. The molecule has 0 radical (unpaired) electrons. The van der Waals surface area contributed by atoms with Crippen LogP contribution in [0.3, 0.4) is 0 Å². The van der Waals surface area contributed by atoms with Crippen molar-refractivity contribution < 1.29 is 4.79 Å². The van der Waals surface area contributed by atoms with E-state index in [-0.39, 0.29) is 11.0 Å². The number of thiocarbonyl (C=S) groups is 1. The molecule has 28 heavy (non-hydrogen) atoms. The zero-order chi connectivity index (χ0) is 19.5. The highest BCUT2D eigenvalue weighted by atomic mass is 35.5. The first-order valence-electron chi connectivity index (χ1n) is 9.21. The van der Waals surface area contributed by atoms with Crippen molar-refractivity contribution in [3.05, 3.63) is 64.0 Å². The molecule has 0 atom stereocenters. The van der Waals surface area contributed by atoms with Crippen LogP contribution in [0.25, 0.3) is 10.1 Å².